The van der Waals surface area contributed by atoms with Crippen molar-refractivity contribution in [3.63, 3.8) is 0 Å². The van der Waals surface area contributed by atoms with Crippen LogP contribution in [0.4, 0.5) is 19.0 Å². The summed E-state index contributed by atoms with van der Waals surface area (Å²) in [6.45, 7) is 3.49. The van der Waals surface area contributed by atoms with Crippen LogP contribution in [0.15, 0.2) is 12.3 Å². The Morgan fingerprint density at radius 2 is 1.95 bits per heavy atom. The Labute approximate surface area is 112 Å². The van der Waals surface area contributed by atoms with Crippen LogP contribution in [-0.2, 0) is 6.18 Å². The second-order valence-electron chi connectivity index (χ2n) is 4.03. The van der Waals surface area contributed by atoms with E-state index in [0.717, 1.165) is 11.6 Å². The van der Waals surface area contributed by atoms with Gasteiger partial charge in [0, 0.05) is 11.8 Å². The molecule has 102 valence electrons. The summed E-state index contributed by atoms with van der Waals surface area (Å²) in [4.78, 5) is 3.70. The first-order valence-electron chi connectivity index (χ1n) is 5.26. The van der Waals surface area contributed by atoms with Gasteiger partial charge < -0.3 is 5.73 Å². The lowest BCUT2D eigenvalue weighted by atomic mass is 10.2. The van der Waals surface area contributed by atoms with Gasteiger partial charge in [0.2, 0.25) is 0 Å². The minimum Gasteiger partial charge on any atom is -0.383 e. The lowest BCUT2D eigenvalue weighted by Gasteiger charge is -2.09. The van der Waals surface area contributed by atoms with E-state index in [4.69, 9.17) is 17.3 Å². The van der Waals surface area contributed by atoms with Crippen molar-refractivity contribution >= 4 is 17.4 Å². The predicted molar refractivity (Wildman–Crippen MR) is 65.3 cm³/mol. The quantitative estimate of drug-likeness (QED) is 0.878. The molecule has 0 aliphatic carbocycles. The fraction of sp³-hybridized carbons (Fsp3) is 0.273. The smallest absolute Gasteiger partial charge is 0.383 e. The number of nitrogens with two attached hydrogens (primary N) is 1. The van der Waals surface area contributed by atoms with Crippen LogP contribution >= 0.6 is 11.6 Å². The van der Waals surface area contributed by atoms with Crippen molar-refractivity contribution < 1.29 is 13.2 Å². The van der Waals surface area contributed by atoms with Crippen molar-refractivity contribution in [1.29, 1.82) is 0 Å². The van der Waals surface area contributed by atoms with Gasteiger partial charge in [-0.2, -0.15) is 23.0 Å². The molecule has 0 spiro atoms. The minimum absolute atomic E-state index is 0.0726. The Bertz CT molecular complexity index is 634. The Kier molecular flexibility index (Phi) is 3.17. The summed E-state index contributed by atoms with van der Waals surface area (Å²) in [5.41, 5.74) is 6.29. The van der Waals surface area contributed by atoms with Crippen molar-refractivity contribution in [1.82, 2.24) is 14.8 Å². The van der Waals surface area contributed by atoms with Gasteiger partial charge >= 0.3 is 6.18 Å². The molecule has 2 aromatic rings. The van der Waals surface area contributed by atoms with Gasteiger partial charge in [-0.15, -0.1) is 0 Å². The fourth-order valence-electron chi connectivity index (χ4n) is 1.53. The SMILES string of the molecule is Cc1nn(-c2ncc(C(F)(F)F)cc2Cl)c(N)c1C. The molecule has 2 N–H and O–H groups in total. The van der Waals surface area contributed by atoms with E-state index in [1.54, 1.807) is 13.8 Å². The average Bonchev–Trinajstić information content (AvgIpc) is 2.56. The Morgan fingerprint density at radius 3 is 2.37 bits per heavy atom. The lowest BCUT2D eigenvalue weighted by molar-refractivity contribution is -0.137. The first kappa shape index (κ1) is 13.7. The molecule has 0 aliphatic heterocycles. The van der Waals surface area contributed by atoms with E-state index in [0.29, 0.717) is 17.7 Å². The molecule has 0 fully saturated rings. The van der Waals surface area contributed by atoms with E-state index < -0.39 is 11.7 Å². The van der Waals surface area contributed by atoms with Gasteiger partial charge in [0.05, 0.1) is 16.3 Å². The van der Waals surface area contributed by atoms with Gasteiger partial charge in [-0.3, -0.25) is 0 Å². The molecule has 0 saturated heterocycles. The maximum Gasteiger partial charge on any atom is 0.417 e. The number of aromatic nitrogens is 3. The summed E-state index contributed by atoms with van der Waals surface area (Å²) in [5, 5.41) is 3.93. The molecule has 0 radical (unpaired) electrons. The molecular weight excluding hydrogens is 281 g/mol. The third-order valence-corrected chi connectivity index (χ3v) is 3.03. The minimum atomic E-state index is -4.49. The van der Waals surface area contributed by atoms with E-state index in [1.165, 1.54) is 4.68 Å². The molecule has 2 heterocycles. The molecular formula is C11H10ClF3N4. The zero-order valence-electron chi connectivity index (χ0n) is 10.1. The molecule has 0 bridgehead atoms. The predicted octanol–water partition coefficient (Wildman–Crippen LogP) is 3.14. The van der Waals surface area contributed by atoms with Crippen LogP contribution in [0, 0.1) is 13.8 Å². The number of aryl methyl sites for hydroxylation is 1. The zero-order chi connectivity index (χ0) is 14.4. The number of anilines is 1. The van der Waals surface area contributed by atoms with Crippen LogP contribution < -0.4 is 5.73 Å². The van der Waals surface area contributed by atoms with Crippen LogP contribution in [0.1, 0.15) is 16.8 Å². The molecule has 0 aromatic carbocycles. The third kappa shape index (κ3) is 2.37. The van der Waals surface area contributed by atoms with Gasteiger partial charge in [-0.05, 0) is 19.9 Å². The van der Waals surface area contributed by atoms with Gasteiger partial charge in [0.1, 0.15) is 5.82 Å². The zero-order valence-corrected chi connectivity index (χ0v) is 10.8. The van der Waals surface area contributed by atoms with Crippen molar-refractivity contribution in [2.45, 2.75) is 20.0 Å². The van der Waals surface area contributed by atoms with Gasteiger partial charge in [0.15, 0.2) is 5.82 Å². The number of halogens is 4. The number of pyridine rings is 1. The lowest BCUT2D eigenvalue weighted by Crippen LogP contribution is -2.09. The Balaban J connectivity index is 2.55. The molecule has 0 amide bonds. The second kappa shape index (κ2) is 4.41. The van der Waals surface area contributed by atoms with Gasteiger partial charge in [-0.25, -0.2) is 4.98 Å². The van der Waals surface area contributed by atoms with Gasteiger partial charge in [-0.1, -0.05) is 11.6 Å². The van der Waals surface area contributed by atoms with E-state index in [9.17, 15) is 13.2 Å². The van der Waals surface area contributed by atoms with Crippen molar-refractivity contribution in [2.24, 2.45) is 0 Å². The van der Waals surface area contributed by atoms with Crippen molar-refractivity contribution in [3.05, 3.63) is 34.1 Å². The molecule has 2 aromatic heterocycles. The van der Waals surface area contributed by atoms with Crippen LogP contribution in [0.5, 0.6) is 0 Å². The molecule has 0 aliphatic rings. The highest BCUT2D eigenvalue weighted by atomic mass is 35.5. The summed E-state index contributed by atoms with van der Waals surface area (Å²) >= 11 is 5.82. The first-order valence-corrected chi connectivity index (χ1v) is 5.64. The summed E-state index contributed by atoms with van der Waals surface area (Å²) < 4.78 is 38.7. The Morgan fingerprint density at radius 1 is 1.32 bits per heavy atom. The van der Waals surface area contributed by atoms with Crippen LogP contribution in [0.25, 0.3) is 5.82 Å². The molecule has 8 heteroatoms. The monoisotopic (exact) mass is 290 g/mol. The number of hydrogen-bond acceptors (Lipinski definition) is 3. The Hall–Kier alpha value is -1.76. The summed E-state index contributed by atoms with van der Waals surface area (Å²) in [6, 6.07) is 0.801. The summed E-state index contributed by atoms with van der Waals surface area (Å²) in [6.07, 6.45) is -3.79. The molecule has 4 nitrogen and oxygen atoms in total. The van der Waals surface area contributed by atoms with Crippen molar-refractivity contribution in [2.75, 3.05) is 5.73 Å². The summed E-state index contributed by atoms with van der Waals surface area (Å²) in [7, 11) is 0. The fourth-order valence-corrected chi connectivity index (χ4v) is 1.77. The number of hydrogen-bond donors (Lipinski definition) is 1. The van der Waals surface area contributed by atoms with Crippen LogP contribution in [0.2, 0.25) is 5.02 Å². The number of rotatable bonds is 1. The largest absolute Gasteiger partial charge is 0.417 e. The number of nitrogen functional groups attached to an aromatic ring is 1. The topological polar surface area (TPSA) is 56.7 Å². The highest BCUT2D eigenvalue weighted by molar-refractivity contribution is 6.32. The van der Waals surface area contributed by atoms with Gasteiger partial charge in [0.25, 0.3) is 0 Å². The van der Waals surface area contributed by atoms with E-state index in [2.05, 4.69) is 10.1 Å². The molecule has 0 atom stereocenters. The standard InChI is InChI=1S/C11H10ClF3N4/c1-5-6(2)18-19(9(5)16)10-8(12)3-7(4-17-10)11(13,14)15/h3-4H,16H2,1-2H3. The molecule has 19 heavy (non-hydrogen) atoms. The normalized spacial score (nSPS) is 11.9. The van der Waals surface area contributed by atoms with E-state index in [1.807, 2.05) is 0 Å². The first-order chi connectivity index (χ1) is 8.71. The third-order valence-electron chi connectivity index (χ3n) is 2.75. The van der Waals surface area contributed by atoms with E-state index in [-0.39, 0.29) is 10.8 Å². The number of nitrogens with zero attached hydrogens (tertiary/aromatic N) is 3. The second-order valence-corrected chi connectivity index (χ2v) is 4.44. The highest BCUT2D eigenvalue weighted by Gasteiger charge is 2.32. The molecule has 0 saturated carbocycles. The van der Waals surface area contributed by atoms with E-state index >= 15 is 0 Å². The summed E-state index contributed by atoms with van der Waals surface area (Å²) in [5.74, 6) is 0.370. The number of alkyl halides is 3. The van der Waals surface area contributed by atoms with Crippen LogP contribution in [-0.4, -0.2) is 14.8 Å². The molecule has 2 rings (SSSR count). The molecule has 0 unspecified atom stereocenters. The van der Waals surface area contributed by atoms with Crippen molar-refractivity contribution in [3.8, 4) is 5.82 Å². The van der Waals surface area contributed by atoms with Crippen LogP contribution in [0.3, 0.4) is 0 Å². The maximum atomic E-state index is 12.5. The average molecular weight is 291 g/mol. The maximum absolute atomic E-state index is 12.5. The highest BCUT2D eigenvalue weighted by Crippen LogP contribution is 2.32.